The summed E-state index contributed by atoms with van der Waals surface area (Å²) in [5, 5.41) is 3.90. The predicted octanol–water partition coefficient (Wildman–Crippen LogP) is 5.49. The molecule has 1 aromatic heterocycles. The molecule has 18 heavy (non-hydrogen) atoms. The predicted molar refractivity (Wildman–Crippen MR) is 77.0 cm³/mol. The molecule has 0 aliphatic rings. The Bertz CT molecular complexity index is 678. The molecule has 1 atom stereocenters. The number of furan rings is 1. The zero-order valence-corrected chi connectivity index (χ0v) is 10.9. The summed E-state index contributed by atoms with van der Waals surface area (Å²) in [6.07, 6.45) is 4.36. The fourth-order valence-electron chi connectivity index (χ4n) is 2.78. The highest BCUT2D eigenvalue weighted by atomic mass is 16.3. The van der Waals surface area contributed by atoms with E-state index in [2.05, 4.69) is 50.2 Å². The van der Waals surface area contributed by atoms with Crippen molar-refractivity contribution in [3.05, 3.63) is 48.2 Å². The van der Waals surface area contributed by atoms with Crippen molar-refractivity contribution < 1.29 is 4.42 Å². The molecule has 2 aromatic carbocycles. The Hall–Kier alpha value is -1.76. The first-order valence-electron chi connectivity index (χ1n) is 6.70. The average molecular weight is 238 g/mol. The molecule has 0 spiro atoms. The second-order valence-electron chi connectivity index (χ2n) is 5.04. The first-order chi connectivity index (χ1) is 8.81. The lowest BCUT2D eigenvalue weighted by molar-refractivity contribution is 0.593. The third-order valence-electron chi connectivity index (χ3n) is 3.74. The van der Waals surface area contributed by atoms with Gasteiger partial charge >= 0.3 is 0 Å². The number of hydrogen-bond donors (Lipinski definition) is 0. The average Bonchev–Trinajstić information content (AvgIpc) is 2.83. The molecular formula is C17H18O. The SMILES string of the molecule is CCCC(C)c1coc2ccc3ccccc3c12. The Balaban J connectivity index is 2.30. The van der Waals surface area contributed by atoms with E-state index >= 15 is 0 Å². The van der Waals surface area contributed by atoms with Crippen molar-refractivity contribution in [3.8, 4) is 0 Å². The molecule has 0 aliphatic carbocycles. The highest BCUT2D eigenvalue weighted by Crippen LogP contribution is 2.35. The molecule has 0 amide bonds. The Morgan fingerprint density at radius 3 is 2.78 bits per heavy atom. The Morgan fingerprint density at radius 2 is 1.94 bits per heavy atom. The third kappa shape index (κ3) is 1.71. The molecule has 0 bridgehead atoms. The van der Waals surface area contributed by atoms with Crippen LogP contribution in [-0.4, -0.2) is 0 Å². The molecule has 3 rings (SSSR count). The van der Waals surface area contributed by atoms with Gasteiger partial charge in [0.15, 0.2) is 0 Å². The molecule has 1 nitrogen and oxygen atoms in total. The molecule has 0 radical (unpaired) electrons. The summed E-state index contributed by atoms with van der Waals surface area (Å²) in [4.78, 5) is 0. The van der Waals surface area contributed by atoms with Crippen molar-refractivity contribution in [3.63, 3.8) is 0 Å². The van der Waals surface area contributed by atoms with Gasteiger partial charge in [-0.05, 0) is 29.2 Å². The first-order valence-corrected chi connectivity index (χ1v) is 6.70. The van der Waals surface area contributed by atoms with E-state index in [1.807, 2.05) is 6.26 Å². The van der Waals surface area contributed by atoms with Gasteiger partial charge in [0.2, 0.25) is 0 Å². The molecule has 0 saturated heterocycles. The second kappa shape index (κ2) is 4.49. The van der Waals surface area contributed by atoms with Gasteiger partial charge in [0, 0.05) is 10.9 Å². The minimum absolute atomic E-state index is 0.557. The fraction of sp³-hybridized carbons (Fsp3) is 0.294. The number of hydrogen-bond acceptors (Lipinski definition) is 1. The van der Waals surface area contributed by atoms with Gasteiger partial charge in [0.25, 0.3) is 0 Å². The van der Waals surface area contributed by atoms with E-state index in [0.29, 0.717) is 5.92 Å². The van der Waals surface area contributed by atoms with Gasteiger partial charge in [-0.2, -0.15) is 0 Å². The highest BCUT2D eigenvalue weighted by Gasteiger charge is 2.14. The van der Waals surface area contributed by atoms with Gasteiger partial charge in [-0.25, -0.2) is 0 Å². The number of benzene rings is 2. The topological polar surface area (TPSA) is 13.1 Å². The molecule has 3 aromatic rings. The number of rotatable bonds is 3. The Morgan fingerprint density at radius 1 is 1.11 bits per heavy atom. The van der Waals surface area contributed by atoms with E-state index in [0.717, 1.165) is 5.58 Å². The summed E-state index contributed by atoms with van der Waals surface area (Å²) in [5.41, 5.74) is 2.36. The largest absolute Gasteiger partial charge is 0.464 e. The first kappa shape index (κ1) is 11.3. The monoisotopic (exact) mass is 238 g/mol. The molecule has 1 heteroatoms. The summed E-state index contributed by atoms with van der Waals surface area (Å²) in [6, 6.07) is 12.8. The van der Waals surface area contributed by atoms with E-state index < -0.39 is 0 Å². The lowest BCUT2D eigenvalue weighted by Crippen LogP contribution is -1.91. The molecule has 1 heterocycles. The molecule has 0 aliphatic heterocycles. The van der Waals surface area contributed by atoms with Crippen LogP contribution in [0.2, 0.25) is 0 Å². The van der Waals surface area contributed by atoms with E-state index in [9.17, 15) is 0 Å². The van der Waals surface area contributed by atoms with Crippen LogP contribution in [0, 0.1) is 0 Å². The van der Waals surface area contributed by atoms with Gasteiger partial charge in [-0.1, -0.05) is 50.6 Å². The summed E-state index contributed by atoms with van der Waals surface area (Å²) in [5.74, 6) is 0.557. The van der Waals surface area contributed by atoms with Crippen LogP contribution in [-0.2, 0) is 0 Å². The van der Waals surface area contributed by atoms with Crippen molar-refractivity contribution in [2.24, 2.45) is 0 Å². The van der Waals surface area contributed by atoms with Crippen molar-refractivity contribution in [1.29, 1.82) is 0 Å². The van der Waals surface area contributed by atoms with Crippen LogP contribution >= 0.6 is 0 Å². The molecule has 92 valence electrons. The van der Waals surface area contributed by atoms with E-state index in [-0.39, 0.29) is 0 Å². The van der Waals surface area contributed by atoms with Crippen LogP contribution in [0.25, 0.3) is 21.7 Å². The summed E-state index contributed by atoms with van der Waals surface area (Å²) in [6.45, 7) is 4.52. The fourth-order valence-corrected chi connectivity index (χ4v) is 2.78. The summed E-state index contributed by atoms with van der Waals surface area (Å²) in [7, 11) is 0. The normalized spacial score (nSPS) is 13.2. The minimum Gasteiger partial charge on any atom is -0.464 e. The van der Waals surface area contributed by atoms with Crippen LogP contribution in [0.15, 0.2) is 47.1 Å². The lowest BCUT2D eigenvalue weighted by atomic mass is 9.93. The zero-order chi connectivity index (χ0) is 12.5. The Labute approximate surface area is 107 Å². The van der Waals surface area contributed by atoms with Crippen LogP contribution in [0.4, 0.5) is 0 Å². The van der Waals surface area contributed by atoms with E-state index in [1.54, 1.807) is 0 Å². The van der Waals surface area contributed by atoms with Crippen molar-refractivity contribution in [2.75, 3.05) is 0 Å². The summed E-state index contributed by atoms with van der Waals surface area (Å²) >= 11 is 0. The molecule has 0 fully saturated rings. The molecule has 1 unspecified atom stereocenters. The van der Waals surface area contributed by atoms with Gasteiger partial charge in [-0.3, -0.25) is 0 Å². The quantitative estimate of drug-likeness (QED) is 0.588. The van der Waals surface area contributed by atoms with Gasteiger partial charge in [0.1, 0.15) is 5.58 Å². The molecular weight excluding hydrogens is 220 g/mol. The molecule has 0 N–H and O–H groups in total. The maximum Gasteiger partial charge on any atom is 0.134 e. The minimum atomic E-state index is 0.557. The van der Waals surface area contributed by atoms with E-state index in [1.165, 1.54) is 34.6 Å². The van der Waals surface area contributed by atoms with Gasteiger partial charge < -0.3 is 4.42 Å². The second-order valence-corrected chi connectivity index (χ2v) is 5.04. The highest BCUT2D eigenvalue weighted by molar-refractivity contribution is 6.07. The van der Waals surface area contributed by atoms with Crippen LogP contribution in [0.5, 0.6) is 0 Å². The van der Waals surface area contributed by atoms with Crippen molar-refractivity contribution in [1.82, 2.24) is 0 Å². The van der Waals surface area contributed by atoms with Crippen molar-refractivity contribution >= 4 is 21.7 Å². The van der Waals surface area contributed by atoms with Crippen molar-refractivity contribution in [2.45, 2.75) is 32.6 Å². The zero-order valence-electron chi connectivity index (χ0n) is 10.9. The Kier molecular flexibility index (Phi) is 2.83. The molecule has 0 saturated carbocycles. The summed E-state index contributed by atoms with van der Waals surface area (Å²) < 4.78 is 5.72. The maximum atomic E-state index is 5.72. The van der Waals surface area contributed by atoms with Gasteiger partial charge in [0.05, 0.1) is 6.26 Å². The number of fused-ring (bicyclic) bond motifs is 3. The standard InChI is InChI=1S/C17H18O/c1-3-6-12(2)15-11-18-16-10-9-13-7-4-5-8-14(13)17(15)16/h4-5,7-12H,3,6H2,1-2H3. The van der Waals surface area contributed by atoms with Crippen LogP contribution in [0.1, 0.15) is 38.2 Å². The lowest BCUT2D eigenvalue weighted by Gasteiger charge is -2.09. The van der Waals surface area contributed by atoms with Crippen LogP contribution in [0.3, 0.4) is 0 Å². The third-order valence-corrected chi connectivity index (χ3v) is 3.74. The smallest absolute Gasteiger partial charge is 0.134 e. The maximum absolute atomic E-state index is 5.72. The van der Waals surface area contributed by atoms with E-state index in [4.69, 9.17) is 4.42 Å². The van der Waals surface area contributed by atoms with Crippen LogP contribution < -0.4 is 0 Å². The van der Waals surface area contributed by atoms with Gasteiger partial charge in [-0.15, -0.1) is 0 Å².